The summed E-state index contributed by atoms with van der Waals surface area (Å²) in [6, 6.07) is 18.5. The van der Waals surface area contributed by atoms with Crippen molar-refractivity contribution in [2.75, 3.05) is 26.7 Å². The van der Waals surface area contributed by atoms with E-state index in [9.17, 15) is 13.5 Å². The molecule has 8 heteroatoms. The summed E-state index contributed by atoms with van der Waals surface area (Å²) < 4.78 is 35.3. The molecule has 0 unspecified atom stereocenters. The summed E-state index contributed by atoms with van der Waals surface area (Å²) in [5.41, 5.74) is 2.99. The van der Waals surface area contributed by atoms with E-state index in [4.69, 9.17) is 4.74 Å². The Kier molecular flexibility index (Phi) is 8.76. The van der Waals surface area contributed by atoms with E-state index in [2.05, 4.69) is 9.88 Å². The van der Waals surface area contributed by atoms with Gasteiger partial charge in [-0.2, -0.15) is 4.31 Å². The summed E-state index contributed by atoms with van der Waals surface area (Å²) in [6.45, 7) is 5.02. The highest BCUT2D eigenvalue weighted by Crippen LogP contribution is 2.34. The fraction of sp³-hybridized carbons (Fsp3) is 0.345. The van der Waals surface area contributed by atoms with Crippen molar-refractivity contribution < 1.29 is 18.3 Å². The van der Waals surface area contributed by atoms with Crippen molar-refractivity contribution in [2.45, 2.75) is 37.4 Å². The number of hydrogen-bond donors (Lipinski definition) is 1. The molecule has 4 rings (SSSR count). The van der Waals surface area contributed by atoms with E-state index in [1.807, 2.05) is 74.8 Å². The number of likely N-dealkylation sites (N-methyl/N-ethyl adjacent to an activating group) is 1. The van der Waals surface area contributed by atoms with Crippen LogP contribution in [0.2, 0.25) is 0 Å². The molecule has 1 N–H and O–H groups in total. The second kappa shape index (κ2) is 12.0. The molecular formula is C29H35N3O4S. The van der Waals surface area contributed by atoms with Crippen molar-refractivity contribution in [2.24, 2.45) is 5.92 Å². The quantitative estimate of drug-likeness (QED) is 0.449. The molecule has 2 aromatic carbocycles. The van der Waals surface area contributed by atoms with E-state index in [0.29, 0.717) is 18.8 Å². The summed E-state index contributed by atoms with van der Waals surface area (Å²) in [5, 5.41) is 9.85. The zero-order chi connectivity index (χ0) is 26.4. The number of aliphatic hydroxyl groups excluding tert-OH is 1. The van der Waals surface area contributed by atoms with Crippen molar-refractivity contribution in [1.82, 2.24) is 14.2 Å². The number of pyridine rings is 1. The molecule has 7 nitrogen and oxygen atoms in total. The minimum atomic E-state index is -3.87. The highest BCUT2D eigenvalue weighted by molar-refractivity contribution is 7.89. The number of benzene rings is 2. The van der Waals surface area contributed by atoms with Crippen molar-refractivity contribution in [1.29, 1.82) is 0 Å². The van der Waals surface area contributed by atoms with Gasteiger partial charge in [0.15, 0.2) is 0 Å². The number of ether oxygens (including phenoxy) is 1. The van der Waals surface area contributed by atoms with Crippen LogP contribution in [0.1, 0.15) is 30.5 Å². The Hall–Kier alpha value is -3.04. The highest BCUT2D eigenvalue weighted by Gasteiger charge is 2.38. The predicted molar refractivity (Wildman–Crippen MR) is 146 cm³/mol. The molecule has 2 heterocycles. The monoisotopic (exact) mass is 521 g/mol. The van der Waals surface area contributed by atoms with Gasteiger partial charge in [-0.15, -0.1) is 0 Å². The van der Waals surface area contributed by atoms with E-state index < -0.39 is 16.1 Å². The topological polar surface area (TPSA) is 83.0 Å². The lowest BCUT2D eigenvalue weighted by atomic mass is 10.0. The lowest BCUT2D eigenvalue weighted by Gasteiger charge is -2.37. The minimum absolute atomic E-state index is 0.114. The summed E-state index contributed by atoms with van der Waals surface area (Å²) in [4.78, 5) is 6.48. The third-order valence-electron chi connectivity index (χ3n) is 6.63. The van der Waals surface area contributed by atoms with Crippen molar-refractivity contribution >= 4 is 22.2 Å². The van der Waals surface area contributed by atoms with Gasteiger partial charge in [0.25, 0.3) is 0 Å². The molecule has 0 saturated carbocycles. The number of hydrogen-bond acceptors (Lipinski definition) is 6. The SMILES string of the molecule is C[C@@H]1CN([C@@H](C)CO)S(=O)(=O)c2ccc(/C=C/c3ccccc3)cc2O[C@H]1CN(C)Cc1cccnc1. The molecule has 1 aliphatic rings. The maximum atomic E-state index is 13.7. The van der Waals surface area contributed by atoms with Gasteiger partial charge >= 0.3 is 0 Å². The van der Waals surface area contributed by atoms with E-state index >= 15 is 0 Å². The Balaban J connectivity index is 1.68. The van der Waals surface area contributed by atoms with Gasteiger partial charge in [0.2, 0.25) is 10.0 Å². The van der Waals surface area contributed by atoms with Crippen LogP contribution in [0.15, 0.2) is 78.0 Å². The van der Waals surface area contributed by atoms with Crippen LogP contribution in [0.4, 0.5) is 0 Å². The van der Waals surface area contributed by atoms with Crippen molar-refractivity contribution in [3.63, 3.8) is 0 Å². The predicted octanol–water partition coefficient (Wildman–Crippen LogP) is 4.15. The molecule has 0 radical (unpaired) electrons. The van der Waals surface area contributed by atoms with Crippen LogP contribution in [0.5, 0.6) is 5.75 Å². The normalized spacial score (nSPS) is 20.7. The molecule has 0 fully saturated rings. The molecule has 0 saturated heterocycles. The first kappa shape index (κ1) is 27.0. The molecule has 37 heavy (non-hydrogen) atoms. The summed E-state index contributed by atoms with van der Waals surface area (Å²) >= 11 is 0. The van der Waals surface area contributed by atoms with Gasteiger partial charge in [-0.1, -0.05) is 61.5 Å². The van der Waals surface area contributed by atoms with Gasteiger partial charge in [0.05, 0.1) is 6.61 Å². The first-order valence-electron chi connectivity index (χ1n) is 12.5. The van der Waals surface area contributed by atoms with Crippen LogP contribution < -0.4 is 4.74 Å². The van der Waals surface area contributed by atoms with E-state index in [-0.39, 0.29) is 30.1 Å². The summed E-state index contributed by atoms with van der Waals surface area (Å²) in [5.74, 6) is 0.216. The Morgan fingerprint density at radius 1 is 1.14 bits per heavy atom. The van der Waals surface area contributed by atoms with Crippen LogP contribution >= 0.6 is 0 Å². The number of aromatic nitrogens is 1. The first-order valence-corrected chi connectivity index (χ1v) is 14.0. The maximum Gasteiger partial charge on any atom is 0.247 e. The molecule has 0 bridgehead atoms. The lowest BCUT2D eigenvalue weighted by molar-refractivity contribution is 0.0733. The van der Waals surface area contributed by atoms with Gasteiger partial charge in [-0.05, 0) is 48.9 Å². The number of fused-ring (bicyclic) bond motifs is 1. The Morgan fingerprint density at radius 3 is 2.59 bits per heavy atom. The van der Waals surface area contributed by atoms with Crippen LogP contribution in [-0.4, -0.2) is 66.6 Å². The molecule has 0 amide bonds. The van der Waals surface area contributed by atoms with Crippen LogP contribution in [0.25, 0.3) is 12.2 Å². The Labute approximate surface area is 220 Å². The molecule has 0 spiro atoms. The average Bonchev–Trinajstić information content (AvgIpc) is 2.90. The van der Waals surface area contributed by atoms with E-state index in [0.717, 1.165) is 16.7 Å². The Bertz CT molecular complexity index is 1300. The summed E-state index contributed by atoms with van der Waals surface area (Å²) in [7, 11) is -1.85. The first-order chi connectivity index (χ1) is 17.8. The number of aliphatic hydroxyl groups is 1. The van der Waals surface area contributed by atoms with Gasteiger partial charge < -0.3 is 9.84 Å². The van der Waals surface area contributed by atoms with E-state index in [1.165, 1.54) is 4.31 Å². The fourth-order valence-corrected chi connectivity index (χ4v) is 6.32. The second-order valence-corrected chi connectivity index (χ2v) is 11.6. The maximum absolute atomic E-state index is 13.7. The third kappa shape index (κ3) is 6.64. The molecule has 3 atom stereocenters. The lowest BCUT2D eigenvalue weighted by Crippen LogP contribution is -2.49. The molecule has 0 aliphatic carbocycles. The molecule has 3 aromatic rings. The summed E-state index contributed by atoms with van der Waals surface area (Å²) in [6.07, 6.45) is 7.27. The van der Waals surface area contributed by atoms with Crippen molar-refractivity contribution in [3.8, 4) is 5.75 Å². The van der Waals surface area contributed by atoms with Crippen molar-refractivity contribution in [3.05, 3.63) is 89.7 Å². The van der Waals surface area contributed by atoms with Crippen LogP contribution in [0, 0.1) is 5.92 Å². The zero-order valence-electron chi connectivity index (χ0n) is 21.6. The number of nitrogens with zero attached hydrogens (tertiary/aromatic N) is 3. The number of sulfonamides is 1. The third-order valence-corrected chi connectivity index (χ3v) is 8.65. The molecular weight excluding hydrogens is 486 g/mol. The van der Waals surface area contributed by atoms with Crippen LogP contribution in [-0.2, 0) is 16.6 Å². The van der Waals surface area contributed by atoms with Gasteiger partial charge in [0, 0.05) is 44.0 Å². The van der Waals surface area contributed by atoms with Gasteiger partial charge in [-0.3, -0.25) is 9.88 Å². The molecule has 1 aliphatic heterocycles. The number of rotatable bonds is 8. The van der Waals surface area contributed by atoms with Gasteiger partial charge in [0.1, 0.15) is 16.7 Å². The van der Waals surface area contributed by atoms with Crippen LogP contribution in [0.3, 0.4) is 0 Å². The van der Waals surface area contributed by atoms with Gasteiger partial charge in [-0.25, -0.2) is 8.42 Å². The smallest absolute Gasteiger partial charge is 0.247 e. The fourth-order valence-electron chi connectivity index (χ4n) is 4.50. The minimum Gasteiger partial charge on any atom is -0.487 e. The molecule has 196 valence electrons. The standard InChI is InChI=1S/C29H35N3O4S/c1-22-18-32(23(2)21-33)37(34,35)29-14-13-25(12-11-24-8-5-4-6-9-24)16-27(29)36-28(22)20-31(3)19-26-10-7-15-30-17-26/h4-17,22-23,28,33H,18-21H2,1-3H3/b12-11+/t22-,23+,28+/m1/s1. The highest BCUT2D eigenvalue weighted by atomic mass is 32.2. The molecule has 1 aromatic heterocycles. The van der Waals surface area contributed by atoms with E-state index in [1.54, 1.807) is 31.3 Å². The second-order valence-electron chi connectivity index (χ2n) is 9.75. The Morgan fingerprint density at radius 2 is 1.89 bits per heavy atom. The largest absolute Gasteiger partial charge is 0.487 e. The zero-order valence-corrected chi connectivity index (χ0v) is 22.4. The average molecular weight is 522 g/mol.